The molecular formula is C28H27GeIrN2O2-. The van der Waals surface area contributed by atoms with Gasteiger partial charge in [-0.15, -0.1) is 0 Å². The first-order chi connectivity index (χ1) is 15.6. The van der Waals surface area contributed by atoms with Gasteiger partial charge in [-0.1, -0.05) is 0 Å². The minimum Gasteiger partial charge on any atom is 0 e. The van der Waals surface area contributed by atoms with Crippen LogP contribution < -0.4 is 4.40 Å². The predicted octanol–water partition coefficient (Wildman–Crippen LogP) is 6.31. The number of aromatic nitrogens is 1. The second kappa shape index (κ2) is 11.6. The van der Waals surface area contributed by atoms with E-state index in [2.05, 4.69) is 52.6 Å². The number of ketones is 1. The maximum absolute atomic E-state index is 10.0. The van der Waals surface area contributed by atoms with Crippen molar-refractivity contribution in [2.45, 2.75) is 31.1 Å². The molecule has 1 heterocycles. The van der Waals surface area contributed by atoms with Crippen LogP contribution in [0, 0.1) is 17.4 Å². The van der Waals surface area contributed by atoms with Crippen molar-refractivity contribution in [2.24, 2.45) is 0 Å². The molecule has 1 N–H and O–H groups in total. The van der Waals surface area contributed by atoms with Crippen LogP contribution in [0.5, 0.6) is 0 Å². The van der Waals surface area contributed by atoms with Gasteiger partial charge in [-0.05, 0) is 13.8 Å². The van der Waals surface area contributed by atoms with E-state index in [1.165, 1.54) is 29.7 Å². The second-order valence-corrected chi connectivity index (χ2v) is 19.6. The number of aliphatic hydroxyl groups excluding tert-OH is 1. The number of allylic oxidation sites excluding steroid dienone is 2. The van der Waals surface area contributed by atoms with E-state index in [9.17, 15) is 10.1 Å². The van der Waals surface area contributed by atoms with E-state index in [0.717, 1.165) is 27.4 Å². The van der Waals surface area contributed by atoms with Gasteiger partial charge >= 0.3 is 156 Å². The molecule has 0 bridgehead atoms. The van der Waals surface area contributed by atoms with E-state index in [-0.39, 0.29) is 31.6 Å². The Morgan fingerprint density at radius 1 is 1.06 bits per heavy atom. The van der Waals surface area contributed by atoms with Gasteiger partial charge in [0.15, 0.2) is 5.78 Å². The number of benzene rings is 3. The van der Waals surface area contributed by atoms with E-state index >= 15 is 0 Å². The summed E-state index contributed by atoms with van der Waals surface area (Å²) in [5.41, 5.74) is 2.44. The summed E-state index contributed by atoms with van der Waals surface area (Å²) in [6.45, 7) is 2.85. The van der Waals surface area contributed by atoms with Gasteiger partial charge in [0, 0.05) is 26.2 Å². The normalized spacial score (nSPS) is 11.2. The van der Waals surface area contributed by atoms with Crippen LogP contribution in [0.1, 0.15) is 19.4 Å². The molecule has 0 amide bonds. The first-order valence-electron chi connectivity index (χ1n) is 10.7. The Kier molecular flexibility index (Phi) is 9.35. The van der Waals surface area contributed by atoms with Crippen LogP contribution in [0.25, 0.3) is 32.8 Å². The van der Waals surface area contributed by atoms with Crippen molar-refractivity contribution < 1.29 is 30.0 Å². The third kappa shape index (κ3) is 6.64. The average Bonchev–Trinajstić information content (AvgIpc) is 2.76. The minimum absolute atomic E-state index is 0. The topological polar surface area (TPSA) is 74.0 Å². The van der Waals surface area contributed by atoms with E-state index in [1.807, 2.05) is 42.6 Å². The molecule has 175 valence electrons. The van der Waals surface area contributed by atoms with Gasteiger partial charge in [0.25, 0.3) is 0 Å². The van der Waals surface area contributed by atoms with Crippen molar-refractivity contribution in [1.82, 2.24) is 4.98 Å². The van der Waals surface area contributed by atoms with E-state index in [1.54, 1.807) is 0 Å². The van der Waals surface area contributed by atoms with E-state index in [0.29, 0.717) is 5.56 Å². The fraction of sp³-hybridized carbons (Fsp3) is 0.179. The summed E-state index contributed by atoms with van der Waals surface area (Å²) in [5, 5.41) is 22.2. The Bertz CT molecular complexity index is 1410. The van der Waals surface area contributed by atoms with Gasteiger partial charge in [-0.2, -0.15) is 0 Å². The zero-order chi connectivity index (χ0) is 24.2. The zero-order valence-electron chi connectivity index (χ0n) is 19.9. The molecule has 1 radical (unpaired) electrons. The van der Waals surface area contributed by atoms with Crippen molar-refractivity contribution >= 4 is 45.0 Å². The van der Waals surface area contributed by atoms with E-state index in [4.69, 9.17) is 5.11 Å². The maximum atomic E-state index is 10.0. The quantitative estimate of drug-likeness (QED) is 0.119. The molecule has 0 saturated carbocycles. The first kappa shape index (κ1) is 27.5. The summed E-state index contributed by atoms with van der Waals surface area (Å²) in [6.07, 6.45) is 3.00. The molecule has 4 nitrogen and oxygen atoms in total. The standard InChI is InChI=1S/C23H19GeN2.C5H8O2.Ir/c1-24(2,3)20-9-8-16-10-11-26-23(22(16)14-20)18-12-17-6-4-5-7-21(17)19(13-18)15-25;1-4(6)3-5(2)7;/h4-11,13-14H,1-3H3;3,6H,1-2H3;/q-1;;/b;4-3-;. The Hall–Kier alpha value is -2.78. The second-order valence-electron chi connectivity index (χ2n) is 9.00. The van der Waals surface area contributed by atoms with E-state index < -0.39 is 13.3 Å². The molecule has 0 aliphatic carbocycles. The Balaban J connectivity index is 0.000000449. The number of fused-ring (bicyclic) bond motifs is 2. The zero-order valence-corrected chi connectivity index (χ0v) is 24.4. The number of carbonyl (C=O) groups excluding carboxylic acids is 1. The van der Waals surface area contributed by atoms with Crippen molar-refractivity contribution in [3.8, 4) is 17.3 Å². The largest absolute Gasteiger partial charge is 0 e. The summed E-state index contributed by atoms with van der Waals surface area (Å²) in [6, 6.07) is 24.4. The molecule has 0 aliphatic heterocycles. The van der Waals surface area contributed by atoms with Crippen molar-refractivity contribution in [2.75, 3.05) is 0 Å². The Morgan fingerprint density at radius 2 is 1.76 bits per heavy atom. The fourth-order valence-corrected chi connectivity index (χ4v) is 6.03. The molecule has 0 saturated heterocycles. The predicted molar refractivity (Wildman–Crippen MR) is 138 cm³/mol. The van der Waals surface area contributed by atoms with Crippen LogP contribution in [0.15, 0.2) is 72.6 Å². The van der Waals surface area contributed by atoms with Gasteiger partial charge < -0.3 is 5.11 Å². The number of nitriles is 1. The van der Waals surface area contributed by atoms with Gasteiger partial charge in [-0.3, -0.25) is 4.79 Å². The molecule has 6 heteroatoms. The van der Waals surface area contributed by atoms with Crippen LogP contribution in [-0.4, -0.2) is 29.1 Å². The summed E-state index contributed by atoms with van der Waals surface area (Å²) in [4.78, 5) is 14.7. The molecular weight excluding hydrogens is 661 g/mol. The average molecular weight is 688 g/mol. The first-order valence-corrected chi connectivity index (χ1v) is 18.1. The Labute approximate surface area is 217 Å². The molecule has 1 aromatic heterocycles. The summed E-state index contributed by atoms with van der Waals surface area (Å²) in [7, 11) is 0. The summed E-state index contributed by atoms with van der Waals surface area (Å²) < 4.78 is 1.45. The molecule has 0 unspecified atom stereocenters. The molecule has 0 spiro atoms. The van der Waals surface area contributed by atoms with Crippen molar-refractivity contribution in [3.63, 3.8) is 0 Å². The number of hydrogen-bond donors (Lipinski definition) is 1. The molecule has 34 heavy (non-hydrogen) atoms. The van der Waals surface area contributed by atoms with Crippen LogP contribution in [0.2, 0.25) is 17.3 Å². The summed E-state index contributed by atoms with van der Waals surface area (Å²) >= 11 is -1.95. The third-order valence-corrected chi connectivity index (χ3v) is 9.48. The van der Waals surface area contributed by atoms with Crippen LogP contribution >= 0.6 is 0 Å². The number of nitrogens with zero attached hydrogens (tertiary/aromatic N) is 2. The number of carbonyl (C=O) groups is 1. The van der Waals surface area contributed by atoms with Crippen LogP contribution in [0.4, 0.5) is 0 Å². The number of hydrogen-bond acceptors (Lipinski definition) is 4. The molecule has 0 aliphatic rings. The van der Waals surface area contributed by atoms with Crippen molar-refractivity contribution in [3.05, 3.63) is 84.3 Å². The third-order valence-electron chi connectivity index (χ3n) is 5.20. The fourth-order valence-electron chi connectivity index (χ4n) is 3.59. The molecule has 3 aromatic carbocycles. The monoisotopic (exact) mass is 690 g/mol. The SMILES string of the molecule is CC(=O)/C=C(/C)O.[CH3][Ge]([CH3])([CH3])[c]1ccc2ccnc(-c3[c-]c4ccccc4c(C#N)c3)c2c1.[Ir]. The van der Waals surface area contributed by atoms with Gasteiger partial charge in [-0.25, -0.2) is 0 Å². The Morgan fingerprint density at radius 3 is 2.35 bits per heavy atom. The number of pyridine rings is 1. The summed E-state index contributed by atoms with van der Waals surface area (Å²) in [5.74, 6) is 7.13. The maximum Gasteiger partial charge on any atom is 0 e. The van der Waals surface area contributed by atoms with Gasteiger partial charge in [0.1, 0.15) is 0 Å². The minimum atomic E-state index is -1.95. The number of rotatable bonds is 3. The molecule has 0 atom stereocenters. The number of aliphatic hydroxyl groups is 1. The molecule has 4 aromatic rings. The van der Waals surface area contributed by atoms with Gasteiger partial charge in [0.05, 0.1) is 5.76 Å². The van der Waals surface area contributed by atoms with Crippen LogP contribution in [0.3, 0.4) is 0 Å². The van der Waals surface area contributed by atoms with Crippen LogP contribution in [-0.2, 0) is 24.9 Å². The van der Waals surface area contributed by atoms with Crippen molar-refractivity contribution in [1.29, 1.82) is 5.26 Å². The smallest absolute Gasteiger partial charge is 0 e. The molecule has 4 rings (SSSR count). The molecule has 0 fully saturated rings. The van der Waals surface area contributed by atoms with Gasteiger partial charge in [0.2, 0.25) is 0 Å².